The monoisotopic (exact) mass is 636 g/mol. The van der Waals surface area contributed by atoms with E-state index in [0.29, 0.717) is 23.0 Å². The molecule has 0 aliphatic rings. The molecular formula is C31H33ClF4N4O4. The number of halogens is 5. The Kier molecular flexibility index (Phi) is 13.8. The predicted octanol–water partition coefficient (Wildman–Crippen LogP) is 8.14. The summed E-state index contributed by atoms with van der Waals surface area (Å²) >= 11 is 6.05. The molecule has 44 heavy (non-hydrogen) atoms. The second-order valence-corrected chi connectivity index (χ2v) is 9.62. The Morgan fingerprint density at radius 1 is 1.14 bits per heavy atom. The highest BCUT2D eigenvalue weighted by Crippen LogP contribution is 2.33. The van der Waals surface area contributed by atoms with Crippen LogP contribution in [0.2, 0.25) is 5.02 Å². The largest absolute Gasteiger partial charge is 0.490 e. The summed E-state index contributed by atoms with van der Waals surface area (Å²) < 4.78 is 68.2. The maximum Gasteiger partial charge on any atom is 0.431 e. The number of rotatable bonds is 11. The summed E-state index contributed by atoms with van der Waals surface area (Å²) in [6.07, 6.45) is 4.02. The van der Waals surface area contributed by atoms with Gasteiger partial charge in [0.2, 0.25) is 11.8 Å². The van der Waals surface area contributed by atoms with Crippen molar-refractivity contribution in [1.82, 2.24) is 19.9 Å². The van der Waals surface area contributed by atoms with Crippen LogP contribution in [0.25, 0.3) is 0 Å². The summed E-state index contributed by atoms with van der Waals surface area (Å²) in [5.74, 6) is 0.117. The molecule has 8 nitrogen and oxygen atoms in total. The molecule has 0 fully saturated rings. The summed E-state index contributed by atoms with van der Waals surface area (Å²) in [7, 11) is 1.07. The first-order valence-corrected chi connectivity index (χ1v) is 13.6. The summed E-state index contributed by atoms with van der Waals surface area (Å²) in [5, 5.41) is 0.0557. The summed E-state index contributed by atoms with van der Waals surface area (Å²) in [6, 6.07) is 8.29. The highest BCUT2D eigenvalue weighted by molar-refractivity contribution is 6.31. The minimum atomic E-state index is -4.54. The number of aromatic nitrogens is 3. The van der Waals surface area contributed by atoms with Crippen LogP contribution < -0.4 is 9.47 Å². The molecule has 0 atom stereocenters. The maximum absolute atomic E-state index is 13.6. The zero-order valence-corrected chi connectivity index (χ0v) is 25.7. The molecule has 0 aliphatic heterocycles. The third-order valence-corrected chi connectivity index (χ3v) is 5.75. The molecule has 3 aromatic heterocycles. The lowest BCUT2D eigenvalue weighted by Gasteiger charge is -2.21. The van der Waals surface area contributed by atoms with Crippen molar-refractivity contribution in [3.63, 3.8) is 0 Å². The van der Waals surface area contributed by atoms with Gasteiger partial charge in [0, 0.05) is 32.6 Å². The fourth-order valence-electron chi connectivity index (χ4n) is 3.23. The Hall–Kier alpha value is -4.45. The van der Waals surface area contributed by atoms with Gasteiger partial charge in [-0.05, 0) is 68.3 Å². The van der Waals surface area contributed by atoms with Gasteiger partial charge in [-0.25, -0.2) is 14.4 Å². The molecule has 0 unspecified atom stereocenters. The molecule has 3 aromatic rings. The van der Waals surface area contributed by atoms with E-state index in [1.165, 1.54) is 13.8 Å². The fraction of sp³-hybridized carbons (Fsp3) is 0.290. The molecule has 0 aliphatic carbocycles. The lowest BCUT2D eigenvalue weighted by molar-refractivity contribution is -0.138. The predicted molar refractivity (Wildman–Crippen MR) is 159 cm³/mol. The van der Waals surface area contributed by atoms with Crippen molar-refractivity contribution in [2.24, 2.45) is 0 Å². The number of allylic oxidation sites excluding steroid dienone is 4. The first kappa shape index (κ1) is 35.7. The lowest BCUT2D eigenvalue weighted by atomic mass is 10.2. The Morgan fingerprint density at radius 2 is 1.82 bits per heavy atom. The van der Waals surface area contributed by atoms with E-state index >= 15 is 0 Å². The molecule has 236 valence electrons. The van der Waals surface area contributed by atoms with Crippen LogP contribution in [-0.2, 0) is 16.1 Å². The minimum absolute atomic E-state index is 0.0557. The zero-order valence-electron chi connectivity index (χ0n) is 24.9. The van der Waals surface area contributed by atoms with Crippen molar-refractivity contribution in [2.75, 3.05) is 13.7 Å². The number of hydrogen-bond acceptors (Lipinski definition) is 7. The second kappa shape index (κ2) is 17.0. The Morgan fingerprint density at radius 3 is 2.41 bits per heavy atom. The second-order valence-electron chi connectivity index (χ2n) is 9.21. The van der Waals surface area contributed by atoms with Gasteiger partial charge in [0.1, 0.15) is 35.5 Å². The smallest absolute Gasteiger partial charge is 0.431 e. The van der Waals surface area contributed by atoms with Crippen molar-refractivity contribution in [2.45, 2.75) is 46.9 Å². The summed E-state index contributed by atoms with van der Waals surface area (Å²) in [4.78, 5) is 23.6. The van der Waals surface area contributed by atoms with Crippen molar-refractivity contribution >= 4 is 17.5 Å². The van der Waals surface area contributed by atoms with Crippen molar-refractivity contribution in [1.29, 1.82) is 0 Å². The van der Waals surface area contributed by atoms with Gasteiger partial charge in [-0.15, -0.1) is 0 Å². The Balaban J connectivity index is 0.000000408. The van der Waals surface area contributed by atoms with E-state index in [2.05, 4.69) is 21.5 Å². The number of hydrogen-bond donors (Lipinski definition) is 0. The zero-order chi connectivity index (χ0) is 32.9. The quantitative estimate of drug-likeness (QED) is 0.119. The third kappa shape index (κ3) is 11.7. The van der Waals surface area contributed by atoms with E-state index in [-0.39, 0.29) is 34.7 Å². The van der Waals surface area contributed by atoms with Gasteiger partial charge in [0.15, 0.2) is 5.75 Å². The van der Waals surface area contributed by atoms with Gasteiger partial charge in [-0.3, -0.25) is 9.78 Å². The van der Waals surface area contributed by atoms with Crippen LogP contribution in [0.1, 0.15) is 38.4 Å². The molecule has 0 aromatic carbocycles. The highest BCUT2D eigenvalue weighted by Gasteiger charge is 2.37. The molecule has 0 N–H and O–H groups in total. The van der Waals surface area contributed by atoms with Gasteiger partial charge in [0.25, 0.3) is 5.88 Å². The first-order chi connectivity index (χ1) is 20.7. The molecule has 0 saturated heterocycles. The molecule has 3 rings (SSSR count). The molecular weight excluding hydrogens is 604 g/mol. The number of aryl methyl sites for hydroxylation is 1. The molecule has 3 heterocycles. The molecule has 0 saturated carbocycles. The molecule has 13 heteroatoms. The van der Waals surface area contributed by atoms with Crippen LogP contribution in [0.15, 0.2) is 84.7 Å². The molecule has 0 spiro atoms. The fourth-order valence-corrected chi connectivity index (χ4v) is 3.40. The van der Waals surface area contributed by atoms with E-state index in [4.69, 9.17) is 25.8 Å². The number of alkyl halides is 3. The van der Waals surface area contributed by atoms with E-state index in [9.17, 15) is 22.4 Å². The van der Waals surface area contributed by atoms with Crippen LogP contribution in [-0.4, -0.2) is 45.6 Å². The number of carbonyl (C=O) groups is 1. The summed E-state index contributed by atoms with van der Waals surface area (Å²) in [5.41, 5.74) is 0.419. The number of ether oxygens (including phenoxy) is 3. The SMILES string of the molecule is C=C(C)/C=C(\N(C)C(C)=O)C(F)(F)F.CCC=C(COc1ncccc1Oc1nc(C)c(F)cc1Cl)OCc1ccncc1. The number of nitrogens with zero attached hydrogens (tertiary/aromatic N) is 4. The number of pyridine rings is 3. The van der Waals surface area contributed by atoms with Crippen molar-refractivity contribution in [3.8, 4) is 17.5 Å². The number of amides is 1. The van der Waals surface area contributed by atoms with Crippen LogP contribution in [0.4, 0.5) is 17.6 Å². The normalized spacial score (nSPS) is 11.7. The topological polar surface area (TPSA) is 86.7 Å². The average Bonchev–Trinajstić information content (AvgIpc) is 2.96. The Bertz CT molecular complexity index is 1480. The Labute approximate surface area is 258 Å². The van der Waals surface area contributed by atoms with Gasteiger partial charge in [-0.1, -0.05) is 30.7 Å². The van der Waals surface area contributed by atoms with E-state index in [1.54, 1.807) is 30.7 Å². The van der Waals surface area contributed by atoms with Gasteiger partial charge in [-0.2, -0.15) is 13.2 Å². The van der Waals surface area contributed by atoms with Gasteiger partial charge in [0.05, 0.1) is 5.69 Å². The van der Waals surface area contributed by atoms with Crippen LogP contribution in [0.3, 0.4) is 0 Å². The van der Waals surface area contributed by atoms with E-state index in [0.717, 1.165) is 38.1 Å². The molecule has 0 bridgehead atoms. The van der Waals surface area contributed by atoms with Crippen LogP contribution in [0, 0.1) is 12.7 Å². The van der Waals surface area contributed by atoms with Gasteiger partial charge < -0.3 is 19.1 Å². The third-order valence-electron chi connectivity index (χ3n) is 5.48. The minimum Gasteiger partial charge on any atom is -0.490 e. The van der Waals surface area contributed by atoms with E-state index < -0.39 is 23.6 Å². The molecule has 0 radical (unpaired) electrons. The van der Waals surface area contributed by atoms with Gasteiger partial charge >= 0.3 is 6.18 Å². The molecule has 1 amide bonds. The van der Waals surface area contributed by atoms with Crippen LogP contribution in [0.5, 0.6) is 17.5 Å². The first-order valence-electron chi connectivity index (χ1n) is 13.2. The standard InChI is InChI=1S/C22H21ClFN3O3.C9H12F3NO/c1-3-5-17(28-13-16-7-10-25-11-8-16)14-29-22-20(6-4-9-26-22)30-21-18(23)12-19(24)15(2)27-21;1-6(2)5-8(9(10,11)12)13(4)7(3)14/h4-12H,3,13-14H2,1-2H3;5H,1H2,2-4H3/b;8-5-. The maximum atomic E-state index is 13.6. The van der Waals surface area contributed by atoms with E-state index in [1.807, 2.05) is 25.1 Å². The van der Waals surface area contributed by atoms with Crippen LogP contribution >= 0.6 is 11.6 Å². The highest BCUT2D eigenvalue weighted by atomic mass is 35.5. The average molecular weight is 637 g/mol. The number of carbonyl (C=O) groups excluding carboxylic acids is 1. The lowest BCUT2D eigenvalue weighted by Crippen LogP contribution is -2.32. The van der Waals surface area contributed by atoms with Crippen molar-refractivity contribution in [3.05, 3.63) is 107 Å². The van der Waals surface area contributed by atoms with Crippen molar-refractivity contribution < 1.29 is 36.6 Å². The summed E-state index contributed by atoms with van der Waals surface area (Å²) in [6.45, 7) is 9.94.